The van der Waals surface area contributed by atoms with E-state index in [1.807, 2.05) is 18.2 Å². The molecule has 1 amide bonds. The van der Waals surface area contributed by atoms with Gasteiger partial charge in [0.25, 0.3) is 5.91 Å². The van der Waals surface area contributed by atoms with Gasteiger partial charge in [-0.25, -0.2) is 9.37 Å². The third-order valence-electron chi connectivity index (χ3n) is 6.80. The fourth-order valence-electron chi connectivity index (χ4n) is 4.53. The van der Waals surface area contributed by atoms with Gasteiger partial charge in [0.05, 0.1) is 23.2 Å². The molecule has 4 rings (SSSR count). The number of carbonyl (C=O) groups excluding carboxylic acids is 1. The van der Waals surface area contributed by atoms with E-state index in [0.29, 0.717) is 13.2 Å². The lowest BCUT2D eigenvalue weighted by atomic mass is 10.1. The molecule has 0 fully saturated rings. The molecule has 0 atom stereocenters. The number of nitrogens with zero attached hydrogens (tertiary/aromatic N) is 2. The monoisotopic (exact) mass is 501 g/mol. The summed E-state index contributed by atoms with van der Waals surface area (Å²) in [6, 6.07) is 20.5. The zero-order valence-electron chi connectivity index (χ0n) is 21.8. The Bertz CT molecular complexity index is 1330. The maximum absolute atomic E-state index is 13.7. The van der Waals surface area contributed by atoms with E-state index in [-0.39, 0.29) is 11.5 Å². The van der Waals surface area contributed by atoms with E-state index in [1.165, 1.54) is 28.8 Å². The summed E-state index contributed by atoms with van der Waals surface area (Å²) in [7, 11) is 0. The predicted molar refractivity (Wildman–Crippen MR) is 147 cm³/mol. The van der Waals surface area contributed by atoms with Gasteiger partial charge >= 0.3 is 0 Å². The van der Waals surface area contributed by atoms with Crippen LogP contribution in [-0.4, -0.2) is 28.6 Å². The van der Waals surface area contributed by atoms with E-state index in [2.05, 4.69) is 48.0 Å². The molecule has 4 aromatic rings. The largest absolute Gasteiger partial charge is 0.493 e. The summed E-state index contributed by atoms with van der Waals surface area (Å²) in [6.07, 6.45) is 5.66. The zero-order valence-corrected chi connectivity index (χ0v) is 21.8. The molecule has 1 N–H and O–H groups in total. The normalized spacial score (nSPS) is 11.1. The number of hydrogen-bond donors (Lipinski definition) is 1. The smallest absolute Gasteiger partial charge is 0.254 e. The number of rotatable bonds is 13. The summed E-state index contributed by atoms with van der Waals surface area (Å²) in [5.74, 6) is 1.23. The summed E-state index contributed by atoms with van der Waals surface area (Å²) in [4.78, 5) is 17.0. The van der Waals surface area contributed by atoms with Crippen molar-refractivity contribution in [3.63, 3.8) is 0 Å². The number of hydrogen-bond acceptors (Lipinski definition) is 3. The molecule has 0 saturated heterocycles. The average Bonchev–Trinajstić information content (AvgIpc) is 3.25. The summed E-state index contributed by atoms with van der Waals surface area (Å²) >= 11 is 0. The van der Waals surface area contributed by atoms with Crippen LogP contribution >= 0.6 is 0 Å². The Morgan fingerprint density at radius 2 is 1.73 bits per heavy atom. The second-order valence-corrected chi connectivity index (χ2v) is 9.47. The number of unbranched alkanes of at least 4 members (excludes halogenated alkanes) is 3. The Morgan fingerprint density at radius 3 is 2.59 bits per heavy atom. The van der Waals surface area contributed by atoms with Crippen molar-refractivity contribution in [2.75, 3.05) is 13.2 Å². The molecular weight excluding hydrogens is 465 g/mol. The summed E-state index contributed by atoms with van der Waals surface area (Å²) in [5.41, 5.74) is 4.75. The standard InChI is InChI=1S/C31H36FN3O2/c1-23-13-12-18-29(24(23)2)37-22-11-10-21-35-28-17-8-7-16-27(28)34-30(35)19-4-3-9-20-33-31(36)25-14-5-6-15-26(25)32/h5-8,12-18H,3-4,9-11,19-22H2,1-2H3,(H,33,36). The average molecular weight is 502 g/mol. The third-order valence-corrected chi connectivity index (χ3v) is 6.80. The van der Waals surface area contributed by atoms with Crippen LogP contribution in [0.1, 0.15) is 59.4 Å². The van der Waals surface area contributed by atoms with Gasteiger partial charge in [0.1, 0.15) is 17.4 Å². The van der Waals surface area contributed by atoms with Crippen LogP contribution in [0.2, 0.25) is 0 Å². The van der Waals surface area contributed by atoms with Gasteiger partial charge in [0, 0.05) is 19.5 Å². The Morgan fingerprint density at radius 1 is 0.919 bits per heavy atom. The number of amides is 1. The fraction of sp³-hybridized carbons (Fsp3) is 0.355. The first-order valence-electron chi connectivity index (χ1n) is 13.2. The molecule has 0 spiro atoms. The van der Waals surface area contributed by atoms with E-state index < -0.39 is 5.82 Å². The van der Waals surface area contributed by atoms with Crippen molar-refractivity contribution >= 4 is 16.9 Å². The van der Waals surface area contributed by atoms with E-state index in [9.17, 15) is 9.18 Å². The molecule has 1 heterocycles. The summed E-state index contributed by atoms with van der Waals surface area (Å²) in [6.45, 7) is 6.35. The van der Waals surface area contributed by atoms with Gasteiger partial charge in [-0.3, -0.25) is 4.79 Å². The van der Waals surface area contributed by atoms with Crippen LogP contribution < -0.4 is 10.1 Å². The van der Waals surface area contributed by atoms with Crippen molar-refractivity contribution in [3.05, 3.63) is 95.1 Å². The number of ether oxygens (including phenoxy) is 1. The van der Waals surface area contributed by atoms with Crippen molar-refractivity contribution < 1.29 is 13.9 Å². The molecule has 1 aromatic heterocycles. The second kappa shape index (κ2) is 13.0. The van der Waals surface area contributed by atoms with Gasteiger partial charge in [-0.2, -0.15) is 0 Å². The Labute approximate surface area is 218 Å². The lowest BCUT2D eigenvalue weighted by Gasteiger charge is -2.12. The number of benzene rings is 3. The Balaban J connectivity index is 1.23. The van der Waals surface area contributed by atoms with Crippen LogP contribution in [0, 0.1) is 19.7 Å². The molecule has 5 nitrogen and oxygen atoms in total. The molecule has 194 valence electrons. The van der Waals surface area contributed by atoms with Crippen LogP contribution in [0.15, 0.2) is 66.7 Å². The number of aromatic nitrogens is 2. The Hall–Kier alpha value is -3.67. The van der Waals surface area contributed by atoms with Crippen molar-refractivity contribution in [2.45, 2.75) is 58.9 Å². The highest BCUT2D eigenvalue weighted by molar-refractivity contribution is 5.94. The van der Waals surface area contributed by atoms with Crippen molar-refractivity contribution in [1.82, 2.24) is 14.9 Å². The molecule has 0 bridgehead atoms. The third kappa shape index (κ3) is 6.97. The number of para-hydroxylation sites is 2. The number of nitrogens with one attached hydrogen (secondary N) is 1. The lowest BCUT2D eigenvalue weighted by molar-refractivity contribution is 0.0949. The molecule has 0 aliphatic carbocycles. The van der Waals surface area contributed by atoms with Gasteiger partial charge in [0.15, 0.2) is 0 Å². The van der Waals surface area contributed by atoms with Gasteiger partial charge in [0.2, 0.25) is 0 Å². The van der Waals surface area contributed by atoms with Crippen LogP contribution in [0.3, 0.4) is 0 Å². The molecular formula is C31H36FN3O2. The molecule has 6 heteroatoms. The summed E-state index contributed by atoms with van der Waals surface area (Å²) in [5, 5.41) is 2.82. The second-order valence-electron chi connectivity index (χ2n) is 9.47. The number of halogens is 1. The maximum Gasteiger partial charge on any atom is 0.254 e. The van der Waals surface area contributed by atoms with Gasteiger partial charge in [-0.1, -0.05) is 42.8 Å². The fourth-order valence-corrected chi connectivity index (χ4v) is 4.53. The quantitative estimate of drug-likeness (QED) is 0.205. The lowest BCUT2D eigenvalue weighted by Crippen LogP contribution is -2.25. The van der Waals surface area contributed by atoms with E-state index in [4.69, 9.17) is 9.72 Å². The minimum absolute atomic E-state index is 0.0932. The number of carbonyl (C=O) groups is 1. The molecule has 37 heavy (non-hydrogen) atoms. The van der Waals surface area contributed by atoms with Crippen molar-refractivity contribution in [1.29, 1.82) is 0 Å². The topological polar surface area (TPSA) is 56.1 Å². The molecule has 0 saturated carbocycles. The van der Waals surface area contributed by atoms with Crippen molar-refractivity contribution in [3.8, 4) is 5.75 Å². The van der Waals surface area contributed by atoms with Gasteiger partial charge in [-0.05, 0) is 81.0 Å². The zero-order chi connectivity index (χ0) is 26.0. The first-order valence-corrected chi connectivity index (χ1v) is 13.2. The highest BCUT2D eigenvalue weighted by Crippen LogP contribution is 2.22. The molecule has 0 radical (unpaired) electrons. The minimum Gasteiger partial charge on any atom is -0.493 e. The first-order chi connectivity index (χ1) is 18.0. The summed E-state index contributed by atoms with van der Waals surface area (Å²) < 4.78 is 22.1. The molecule has 0 aliphatic rings. The number of aryl methyl sites for hydroxylation is 3. The number of fused-ring (bicyclic) bond motifs is 1. The van der Waals surface area contributed by atoms with Gasteiger partial charge < -0.3 is 14.6 Å². The number of imidazole rings is 1. The van der Waals surface area contributed by atoms with Crippen molar-refractivity contribution in [2.24, 2.45) is 0 Å². The highest BCUT2D eigenvalue weighted by Gasteiger charge is 2.12. The molecule has 0 aliphatic heterocycles. The van der Waals surface area contributed by atoms with E-state index in [0.717, 1.165) is 62.2 Å². The highest BCUT2D eigenvalue weighted by atomic mass is 19.1. The predicted octanol–water partition coefficient (Wildman–Crippen LogP) is 6.79. The first kappa shape index (κ1) is 26.4. The van der Waals surface area contributed by atoms with Gasteiger partial charge in [-0.15, -0.1) is 0 Å². The maximum atomic E-state index is 13.7. The van der Waals surface area contributed by atoms with Crippen LogP contribution in [0.4, 0.5) is 4.39 Å². The van der Waals surface area contributed by atoms with Crippen LogP contribution in [0.5, 0.6) is 5.75 Å². The van der Waals surface area contributed by atoms with E-state index >= 15 is 0 Å². The molecule has 3 aromatic carbocycles. The Kier molecular flexibility index (Phi) is 9.30. The molecule has 0 unspecified atom stereocenters. The minimum atomic E-state index is -0.490. The van der Waals surface area contributed by atoms with Crippen LogP contribution in [0.25, 0.3) is 11.0 Å². The van der Waals surface area contributed by atoms with Crippen LogP contribution in [-0.2, 0) is 13.0 Å². The van der Waals surface area contributed by atoms with E-state index in [1.54, 1.807) is 12.1 Å². The SMILES string of the molecule is Cc1cccc(OCCCCn2c(CCCCCNC(=O)c3ccccc3F)nc3ccccc32)c1C.